The van der Waals surface area contributed by atoms with Crippen LogP contribution < -0.4 is 5.32 Å². The van der Waals surface area contributed by atoms with Crippen LogP contribution in [-0.2, 0) is 6.42 Å². The highest BCUT2D eigenvalue weighted by Crippen LogP contribution is 2.31. The van der Waals surface area contributed by atoms with Gasteiger partial charge in [-0.2, -0.15) is 0 Å². The molecule has 3 heteroatoms. The van der Waals surface area contributed by atoms with E-state index in [-0.39, 0.29) is 0 Å². The van der Waals surface area contributed by atoms with Gasteiger partial charge in [0.05, 0.1) is 0 Å². The monoisotopic (exact) mass is 233 g/mol. The summed E-state index contributed by atoms with van der Waals surface area (Å²) in [5.74, 6) is 2.53. The van der Waals surface area contributed by atoms with E-state index >= 15 is 0 Å². The molecule has 0 radical (unpaired) electrons. The molecule has 1 saturated carbocycles. The molecule has 1 N–H and O–H groups in total. The van der Waals surface area contributed by atoms with Crippen LogP contribution in [0.1, 0.15) is 45.7 Å². The molecule has 17 heavy (non-hydrogen) atoms. The Morgan fingerprint density at radius 1 is 1.29 bits per heavy atom. The zero-order valence-corrected chi connectivity index (χ0v) is 11.1. The van der Waals surface area contributed by atoms with Crippen molar-refractivity contribution in [3.05, 3.63) is 18.1 Å². The fourth-order valence-corrected chi connectivity index (χ4v) is 2.65. The number of anilines is 1. The largest absolute Gasteiger partial charge is 0.367 e. The third kappa shape index (κ3) is 2.96. The number of aryl methyl sites for hydroxylation is 1. The second-order valence-electron chi connectivity index (χ2n) is 5.27. The normalized spacial score (nSPS) is 29.0. The summed E-state index contributed by atoms with van der Waals surface area (Å²) in [5, 5.41) is 3.58. The smallest absolute Gasteiger partial charge is 0.129 e. The predicted octanol–water partition coefficient (Wildman–Crippen LogP) is 3.28. The number of aromatic nitrogens is 2. The Labute approximate surface area is 104 Å². The summed E-state index contributed by atoms with van der Waals surface area (Å²) in [5.41, 5.74) is 1.11. The lowest BCUT2D eigenvalue weighted by atomic mass is 9.78. The molecule has 0 bridgehead atoms. The minimum absolute atomic E-state index is 0.568. The summed E-state index contributed by atoms with van der Waals surface area (Å²) in [6.45, 7) is 6.83. The van der Waals surface area contributed by atoms with Crippen LogP contribution in [0.5, 0.6) is 0 Å². The summed E-state index contributed by atoms with van der Waals surface area (Å²) in [6.07, 6.45) is 6.58. The van der Waals surface area contributed by atoms with E-state index in [9.17, 15) is 0 Å². The van der Waals surface area contributed by atoms with Crippen LogP contribution >= 0.6 is 0 Å². The van der Waals surface area contributed by atoms with E-state index in [4.69, 9.17) is 0 Å². The van der Waals surface area contributed by atoms with Gasteiger partial charge in [0.2, 0.25) is 0 Å². The zero-order valence-electron chi connectivity index (χ0n) is 11.1. The summed E-state index contributed by atoms with van der Waals surface area (Å²) in [7, 11) is 0. The predicted molar refractivity (Wildman–Crippen MR) is 71.0 cm³/mol. The van der Waals surface area contributed by atoms with E-state index in [1.807, 2.05) is 0 Å². The van der Waals surface area contributed by atoms with Crippen LogP contribution in [0.2, 0.25) is 0 Å². The summed E-state index contributed by atoms with van der Waals surface area (Å²) >= 11 is 0. The molecule has 94 valence electrons. The molecular weight excluding hydrogens is 210 g/mol. The van der Waals surface area contributed by atoms with E-state index in [0.29, 0.717) is 6.04 Å². The van der Waals surface area contributed by atoms with Crippen molar-refractivity contribution in [2.45, 2.75) is 52.5 Å². The third-order valence-corrected chi connectivity index (χ3v) is 4.13. The van der Waals surface area contributed by atoms with Crippen LogP contribution in [-0.4, -0.2) is 16.0 Å². The topological polar surface area (TPSA) is 37.8 Å². The molecule has 0 aromatic carbocycles. The molecule has 2 rings (SSSR count). The average Bonchev–Trinajstić information content (AvgIpc) is 2.35. The molecular formula is C14H23N3. The van der Waals surface area contributed by atoms with Crippen molar-refractivity contribution in [3.8, 4) is 0 Å². The van der Waals surface area contributed by atoms with Crippen molar-refractivity contribution < 1.29 is 0 Å². The van der Waals surface area contributed by atoms with Gasteiger partial charge in [-0.3, -0.25) is 0 Å². The zero-order chi connectivity index (χ0) is 12.3. The van der Waals surface area contributed by atoms with E-state index in [1.54, 1.807) is 6.33 Å². The van der Waals surface area contributed by atoms with Crippen LogP contribution in [0.25, 0.3) is 0 Å². The Kier molecular flexibility index (Phi) is 3.97. The van der Waals surface area contributed by atoms with Gasteiger partial charge in [-0.15, -0.1) is 0 Å². The maximum Gasteiger partial charge on any atom is 0.129 e. The first-order valence-corrected chi connectivity index (χ1v) is 6.78. The average molecular weight is 233 g/mol. The quantitative estimate of drug-likeness (QED) is 0.870. The number of nitrogens with one attached hydrogen (secondary N) is 1. The molecule has 1 aliphatic rings. The van der Waals surface area contributed by atoms with Gasteiger partial charge in [-0.25, -0.2) is 9.97 Å². The second kappa shape index (κ2) is 5.48. The van der Waals surface area contributed by atoms with Gasteiger partial charge in [0, 0.05) is 17.8 Å². The molecule has 3 atom stereocenters. The molecule has 3 nitrogen and oxygen atoms in total. The lowest BCUT2D eigenvalue weighted by Crippen LogP contribution is -2.35. The van der Waals surface area contributed by atoms with Gasteiger partial charge in [-0.1, -0.05) is 33.6 Å². The number of hydrogen-bond acceptors (Lipinski definition) is 3. The highest BCUT2D eigenvalue weighted by atomic mass is 15.0. The van der Waals surface area contributed by atoms with Gasteiger partial charge < -0.3 is 5.32 Å². The molecule has 1 aromatic heterocycles. The van der Waals surface area contributed by atoms with Crippen molar-refractivity contribution in [1.82, 2.24) is 9.97 Å². The van der Waals surface area contributed by atoms with Crippen molar-refractivity contribution in [2.75, 3.05) is 5.32 Å². The second-order valence-corrected chi connectivity index (χ2v) is 5.27. The molecule has 3 unspecified atom stereocenters. The first-order valence-electron chi connectivity index (χ1n) is 6.78. The number of hydrogen-bond donors (Lipinski definition) is 1. The van der Waals surface area contributed by atoms with E-state index < -0.39 is 0 Å². The Morgan fingerprint density at radius 2 is 2.12 bits per heavy atom. The molecule has 1 aromatic rings. The number of rotatable bonds is 3. The Balaban J connectivity index is 2.04. The molecule has 1 heterocycles. The SMILES string of the molecule is CCc1cc(NC2CCCC(C)C2C)ncn1. The summed E-state index contributed by atoms with van der Waals surface area (Å²) < 4.78 is 0. The minimum atomic E-state index is 0.568. The molecule has 1 aliphatic carbocycles. The van der Waals surface area contributed by atoms with E-state index in [2.05, 4.69) is 42.1 Å². The van der Waals surface area contributed by atoms with Crippen LogP contribution in [0, 0.1) is 11.8 Å². The fourth-order valence-electron chi connectivity index (χ4n) is 2.65. The van der Waals surface area contributed by atoms with Crippen molar-refractivity contribution in [1.29, 1.82) is 0 Å². The van der Waals surface area contributed by atoms with Gasteiger partial charge >= 0.3 is 0 Å². The van der Waals surface area contributed by atoms with Crippen molar-refractivity contribution in [3.63, 3.8) is 0 Å². The van der Waals surface area contributed by atoms with Crippen molar-refractivity contribution >= 4 is 5.82 Å². The van der Waals surface area contributed by atoms with Gasteiger partial charge in [-0.05, 0) is 24.7 Å². The Bertz CT molecular complexity index is 364. The Morgan fingerprint density at radius 3 is 2.88 bits per heavy atom. The molecule has 0 spiro atoms. The van der Waals surface area contributed by atoms with Crippen LogP contribution in [0.15, 0.2) is 12.4 Å². The first-order chi connectivity index (χ1) is 8.20. The van der Waals surface area contributed by atoms with Crippen LogP contribution in [0.4, 0.5) is 5.82 Å². The maximum absolute atomic E-state index is 4.32. The van der Waals surface area contributed by atoms with E-state index in [0.717, 1.165) is 29.8 Å². The molecule has 0 amide bonds. The number of nitrogens with zero attached hydrogens (tertiary/aromatic N) is 2. The van der Waals surface area contributed by atoms with Gasteiger partial charge in [0.1, 0.15) is 12.1 Å². The summed E-state index contributed by atoms with van der Waals surface area (Å²) in [6, 6.07) is 2.64. The van der Waals surface area contributed by atoms with Crippen molar-refractivity contribution in [2.24, 2.45) is 11.8 Å². The molecule has 0 saturated heterocycles. The van der Waals surface area contributed by atoms with Crippen LogP contribution in [0.3, 0.4) is 0 Å². The maximum atomic E-state index is 4.32. The summed E-state index contributed by atoms with van der Waals surface area (Å²) in [4.78, 5) is 8.55. The molecule has 0 aliphatic heterocycles. The highest BCUT2D eigenvalue weighted by molar-refractivity contribution is 5.36. The van der Waals surface area contributed by atoms with E-state index in [1.165, 1.54) is 19.3 Å². The first kappa shape index (κ1) is 12.3. The lowest BCUT2D eigenvalue weighted by molar-refractivity contribution is 0.253. The minimum Gasteiger partial charge on any atom is -0.367 e. The highest BCUT2D eigenvalue weighted by Gasteiger charge is 2.27. The standard InChI is InChI=1S/C14H23N3/c1-4-12-8-14(16-9-15-12)17-13-7-5-6-10(2)11(13)3/h8-11,13H,4-7H2,1-3H3,(H,15,16,17). The Hall–Kier alpha value is -1.12. The molecule has 1 fully saturated rings. The fraction of sp³-hybridized carbons (Fsp3) is 0.714. The van der Waals surface area contributed by atoms with Gasteiger partial charge in [0.25, 0.3) is 0 Å². The third-order valence-electron chi connectivity index (χ3n) is 4.13. The lowest BCUT2D eigenvalue weighted by Gasteiger charge is -2.34. The van der Waals surface area contributed by atoms with Gasteiger partial charge in [0.15, 0.2) is 0 Å².